The summed E-state index contributed by atoms with van der Waals surface area (Å²) in [6.45, 7) is 22.4. The Morgan fingerprint density at radius 1 is 0.697 bits per heavy atom. The van der Waals surface area contributed by atoms with E-state index in [-0.39, 0.29) is 96.2 Å². The molecular formula is C60H88Na2O25S2. The third kappa shape index (κ3) is 14.5. The molecule has 4 N–H and O–H groups in total. The van der Waals surface area contributed by atoms with Gasteiger partial charge in [0.05, 0.1) is 128 Å². The summed E-state index contributed by atoms with van der Waals surface area (Å²) in [4.78, 5) is 0. The number of fused-ring (bicyclic) bond motifs is 10. The fourth-order valence-electron chi connectivity index (χ4n) is 16.6. The van der Waals surface area contributed by atoms with Gasteiger partial charge in [-0.15, -0.1) is 6.58 Å². The topological polar surface area (TPSA) is 334 Å². The van der Waals surface area contributed by atoms with E-state index in [0.29, 0.717) is 76.2 Å². The van der Waals surface area contributed by atoms with E-state index in [4.69, 9.17) is 65.8 Å². The Hall–Kier alpha value is 0.0200. The Morgan fingerprint density at radius 3 is 1.90 bits per heavy atom. The molecule has 0 aromatic carbocycles. The van der Waals surface area contributed by atoms with Crippen molar-refractivity contribution in [2.24, 2.45) is 5.92 Å². The van der Waals surface area contributed by atoms with E-state index in [2.05, 4.69) is 44.7 Å². The van der Waals surface area contributed by atoms with Crippen LogP contribution in [0.2, 0.25) is 0 Å². The molecule has 12 rings (SSSR count). The fourth-order valence-corrected chi connectivity index (χ4v) is 17.4. The maximum absolute atomic E-state index is 11.9. The molecule has 29 heteroatoms. The van der Waals surface area contributed by atoms with Gasteiger partial charge in [-0.3, -0.25) is 8.37 Å². The maximum atomic E-state index is 11.9. The molecule has 89 heavy (non-hydrogen) atoms. The Labute approximate surface area is 566 Å². The van der Waals surface area contributed by atoms with Crippen LogP contribution in [0.4, 0.5) is 0 Å². The first-order chi connectivity index (χ1) is 40.9. The molecule has 0 bridgehead atoms. The molecule has 12 aliphatic rings. The molecule has 12 heterocycles. The molecule has 0 aliphatic carbocycles. The summed E-state index contributed by atoms with van der Waals surface area (Å²) in [5, 5.41) is 44.1. The molecule has 12 saturated heterocycles. The number of hydrogen-bond donors (Lipinski definition) is 4. The third-order valence-electron chi connectivity index (χ3n) is 21.4. The van der Waals surface area contributed by atoms with Crippen molar-refractivity contribution in [3.8, 4) is 0 Å². The second-order valence-electron chi connectivity index (χ2n) is 27.8. The van der Waals surface area contributed by atoms with Gasteiger partial charge in [0, 0.05) is 51.4 Å². The van der Waals surface area contributed by atoms with Crippen LogP contribution in [0, 0.1) is 5.92 Å². The average Bonchev–Trinajstić information content (AvgIpc) is 1.95. The van der Waals surface area contributed by atoms with Crippen molar-refractivity contribution >= 4 is 20.8 Å². The van der Waals surface area contributed by atoms with E-state index in [1.807, 2.05) is 6.92 Å². The summed E-state index contributed by atoms with van der Waals surface area (Å²) >= 11 is 0. The van der Waals surface area contributed by atoms with Crippen molar-refractivity contribution in [3.05, 3.63) is 49.1 Å². The van der Waals surface area contributed by atoms with E-state index in [1.165, 1.54) is 6.92 Å². The largest absolute Gasteiger partial charge is 1.00 e. The fraction of sp³-hybridized carbons (Fsp3) is 0.867. The first-order valence-corrected chi connectivity index (χ1v) is 33.7. The minimum Gasteiger partial charge on any atom is -0.726 e. The second-order valence-corrected chi connectivity index (χ2v) is 29.9. The van der Waals surface area contributed by atoms with Crippen molar-refractivity contribution in [3.63, 3.8) is 0 Å². The quantitative estimate of drug-likeness (QED) is 0.0439. The zero-order valence-corrected chi connectivity index (χ0v) is 57.9. The number of ether oxygens (including phenoxy) is 13. The number of aliphatic hydroxyl groups excluding tert-OH is 3. The van der Waals surface area contributed by atoms with Crippen molar-refractivity contribution in [2.45, 2.75) is 306 Å². The second kappa shape index (κ2) is 27.0. The van der Waals surface area contributed by atoms with Crippen LogP contribution in [0.1, 0.15) is 131 Å². The minimum absolute atomic E-state index is 0. The zero-order chi connectivity index (χ0) is 62.1. The zero-order valence-electron chi connectivity index (χ0n) is 52.3. The van der Waals surface area contributed by atoms with Gasteiger partial charge in [-0.25, -0.2) is 16.8 Å². The molecule has 492 valence electrons. The average molecular weight is 1320 g/mol. The van der Waals surface area contributed by atoms with E-state index in [0.717, 1.165) is 12.0 Å². The predicted molar refractivity (Wildman–Crippen MR) is 299 cm³/mol. The molecular weight excluding hydrogens is 1230 g/mol. The normalized spacial score (nSPS) is 50.2. The number of allylic oxidation sites excluding steroid dienone is 3. The van der Waals surface area contributed by atoms with E-state index < -0.39 is 190 Å². The molecule has 3 unspecified atom stereocenters. The van der Waals surface area contributed by atoms with Crippen LogP contribution < -0.4 is 59.1 Å². The SMILES string of the molecule is C=CCC(=C)/C=C\[C@](C)(O)[C@H]1O[C@@H]2C[C@H]3OC4C[C@H]5O[C@@H]6C[C@@H]7O[C@@H]8C[C@@H]9O[C@@H]%10C[C@@H]%11O[C@](C)(CCOS(=O)(=O)[O-])[C@H](OS(=O)(=O)[O-])C[C@@H]%11O[C@@H]%10C[C@@H]9O[C@@H]8CC[C@]7(C)O[C@@]6(C)CCC(C)[C@H]5O[C@H]4[C@H](O[C@@H]4O[C@@H](CO)[C@@H](O)[C@H]4O)C3(C)O[C@@H]2CC1=C.[Na+].[Na+]. The first-order valence-electron chi connectivity index (χ1n) is 31.1. The Morgan fingerprint density at radius 2 is 1.27 bits per heavy atom. The van der Waals surface area contributed by atoms with Crippen LogP contribution in [-0.4, -0.2) is 234 Å². The van der Waals surface area contributed by atoms with Crippen molar-refractivity contribution in [1.82, 2.24) is 0 Å². The van der Waals surface area contributed by atoms with Gasteiger partial charge in [0.1, 0.15) is 53.9 Å². The Kier molecular flexibility index (Phi) is 21.8. The van der Waals surface area contributed by atoms with Crippen LogP contribution >= 0.6 is 0 Å². The first kappa shape index (κ1) is 71.8. The molecule has 12 fully saturated rings. The van der Waals surface area contributed by atoms with Crippen LogP contribution in [0.15, 0.2) is 49.1 Å². The van der Waals surface area contributed by atoms with Gasteiger partial charge in [-0.1, -0.05) is 43.9 Å². The monoisotopic (exact) mass is 1320 g/mol. The van der Waals surface area contributed by atoms with Crippen LogP contribution in [0.3, 0.4) is 0 Å². The molecule has 0 aromatic heterocycles. The van der Waals surface area contributed by atoms with Crippen LogP contribution in [-0.2, 0) is 90.7 Å². The van der Waals surface area contributed by atoms with Gasteiger partial charge in [-0.05, 0) is 84.6 Å². The van der Waals surface area contributed by atoms with E-state index >= 15 is 0 Å². The van der Waals surface area contributed by atoms with E-state index in [9.17, 15) is 46.4 Å². The summed E-state index contributed by atoms with van der Waals surface area (Å²) in [5.74, 6) is -0.0470. The van der Waals surface area contributed by atoms with Crippen LogP contribution in [0.25, 0.3) is 0 Å². The summed E-state index contributed by atoms with van der Waals surface area (Å²) in [6, 6.07) is 0. The van der Waals surface area contributed by atoms with Gasteiger partial charge < -0.3 is 91.1 Å². The van der Waals surface area contributed by atoms with Gasteiger partial charge >= 0.3 is 59.1 Å². The standard InChI is InChI=1S/C60H90O25S2.2Na/c1-10-11-29(2)12-15-56(5,64)53-31(4)20-40-39(78-53)26-48-60(9,83-40)54(81-55-50(63)49(62)44(28-61)79-55)52-43(77-48)24-42-51(80-52)30(3)13-16-58(7)46(76-42)27-45-59(8,85-58)17-14-32-33(75-45)21-35-34(72-32)22-36-37(73-35)23-41-38(74-36)25-47(84-87(68,69)70)57(6,82-41)18-19-71-86(65,66)67;;/h10,12,15,30,32-55,61-64H,1-2,4,11,13-14,16-28H2,3,5-9H3,(H,65,66,67)(H,68,69,70);;/q;2*+1/p-2/b15-12-;;/t30?,32-,33-,34+,35+,36-,37-,38+,39-,40-,41+,42-,43?,44+,45+,46-,47-,48-,49-,50-,51-,52-,53+,54+,55+,56+,57-,58+,59+,60?;;/m1../s1. The summed E-state index contributed by atoms with van der Waals surface area (Å²) in [7, 11) is -10.3. The Bertz CT molecular complexity index is 2840. The smallest absolute Gasteiger partial charge is 0.726 e. The molecule has 0 aromatic rings. The summed E-state index contributed by atoms with van der Waals surface area (Å²) < 4.78 is 169. The van der Waals surface area contributed by atoms with Gasteiger partial charge in [0.25, 0.3) is 0 Å². The minimum atomic E-state index is -5.23. The third-order valence-corrected chi connectivity index (χ3v) is 22.3. The molecule has 25 nitrogen and oxygen atoms in total. The predicted octanol–water partition coefficient (Wildman–Crippen LogP) is -3.15. The number of aliphatic hydroxyl groups is 4. The van der Waals surface area contributed by atoms with Crippen molar-refractivity contribution in [1.29, 1.82) is 0 Å². The maximum Gasteiger partial charge on any atom is 1.00 e. The number of hydrogen-bond acceptors (Lipinski definition) is 25. The molecule has 0 saturated carbocycles. The molecule has 0 amide bonds. The molecule has 0 spiro atoms. The van der Waals surface area contributed by atoms with Gasteiger partial charge in [0.15, 0.2) is 6.29 Å². The number of rotatable bonds is 14. The summed E-state index contributed by atoms with van der Waals surface area (Å²) in [6.07, 6.45) is -6.25. The van der Waals surface area contributed by atoms with Gasteiger partial charge in [0.2, 0.25) is 20.8 Å². The summed E-state index contributed by atoms with van der Waals surface area (Å²) in [5.41, 5.74) is -4.27. The van der Waals surface area contributed by atoms with E-state index in [1.54, 1.807) is 25.2 Å². The van der Waals surface area contributed by atoms with Gasteiger partial charge in [-0.2, -0.15) is 0 Å². The molecule has 30 atom stereocenters. The van der Waals surface area contributed by atoms with Crippen molar-refractivity contribution < 1.29 is 175 Å². The molecule has 12 aliphatic heterocycles. The van der Waals surface area contributed by atoms with Crippen LogP contribution in [0.5, 0.6) is 0 Å². The molecule has 0 radical (unpaired) electrons. The van der Waals surface area contributed by atoms with Crippen molar-refractivity contribution in [2.75, 3.05) is 13.2 Å². The Balaban J connectivity index is 0.00000437.